The second kappa shape index (κ2) is 7.33. The van der Waals surface area contributed by atoms with Crippen molar-refractivity contribution < 1.29 is 9.47 Å². The molecule has 1 aromatic rings. The van der Waals surface area contributed by atoms with Gasteiger partial charge in [0.15, 0.2) is 0 Å². The van der Waals surface area contributed by atoms with Gasteiger partial charge < -0.3 is 14.8 Å². The smallest absolute Gasteiger partial charge is 0.322 e. The highest BCUT2D eigenvalue weighted by atomic mass is 35.5. The Kier molecular flexibility index (Phi) is 6.07. The van der Waals surface area contributed by atoms with Crippen LogP contribution in [0.15, 0.2) is 0 Å². The number of hydrogen-bond acceptors (Lipinski definition) is 6. The number of rotatable bonds is 7. The Morgan fingerprint density at radius 3 is 2.56 bits per heavy atom. The van der Waals surface area contributed by atoms with Gasteiger partial charge in [-0.25, -0.2) is 0 Å². The fourth-order valence-corrected chi connectivity index (χ4v) is 1.40. The lowest BCUT2D eigenvalue weighted by Gasteiger charge is -2.14. The van der Waals surface area contributed by atoms with E-state index in [1.807, 2.05) is 20.8 Å². The van der Waals surface area contributed by atoms with Gasteiger partial charge in [0.25, 0.3) is 0 Å². The van der Waals surface area contributed by atoms with Crippen LogP contribution in [0.4, 0.5) is 5.95 Å². The van der Waals surface area contributed by atoms with Gasteiger partial charge in [-0.2, -0.15) is 15.0 Å². The number of nitrogens with zero attached hydrogens (tertiary/aromatic N) is 3. The topological polar surface area (TPSA) is 69.2 Å². The maximum absolute atomic E-state index is 5.81. The van der Waals surface area contributed by atoms with Crippen molar-refractivity contribution in [1.82, 2.24) is 15.0 Å². The van der Waals surface area contributed by atoms with Crippen molar-refractivity contribution in [3.05, 3.63) is 5.28 Å². The zero-order valence-corrected chi connectivity index (χ0v) is 11.9. The van der Waals surface area contributed by atoms with E-state index in [0.717, 1.165) is 6.42 Å². The Bertz CT molecular complexity index is 376. The Hall–Kier alpha value is -1.14. The highest BCUT2D eigenvalue weighted by molar-refractivity contribution is 6.28. The van der Waals surface area contributed by atoms with Crippen LogP contribution < -0.4 is 10.1 Å². The lowest BCUT2D eigenvalue weighted by Crippen LogP contribution is -2.20. The molecule has 7 heteroatoms. The molecule has 6 nitrogen and oxygen atoms in total. The van der Waals surface area contributed by atoms with Crippen molar-refractivity contribution in [2.24, 2.45) is 0 Å². The zero-order chi connectivity index (χ0) is 13.5. The molecule has 18 heavy (non-hydrogen) atoms. The number of hydrogen-bond donors (Lipinski definition) is 1. The van der Waals surface area contributed by atoms with E-state index in [2.05, 4.69) is 20.3 Å². The van der Waals surface area contributed by atoms with Crippen LogP contribution in [-0.4, -0.2) is 40.8 Å². The maximum Gasteiger partial charge on any atom is 0.322 e. The molecule has 0 aliphatic heterocycles. The SMILES string of the molecule is COCCC(C)Nc1nc(Cl)nc(OC(C)C)n1. The third-order valence-corrected chi connectivity index (χ3v) is 2.23. The summed E-state index contributed by atoms with van der Waals surface area (Å²) in [6.07, 6.45) is 0.836. The van der Waals surface area contributed by atoms with E-state index in [1.165, 1.54) is 0 Å². The second-order valence-electron chi connectivity index (χ2n) is 4.20. The van der Waals surface area contributed by atoms with Gasteiger partial charge in [0.05, 0.1) is 6.10 Å². The molecule has 0 aliphatic carbocycles. The lowest BCUT2D eigenvalue weighted by atomic mass is 10.2. The van der Waals surface area contributed by atoms with Crippen molar-refractivity contribution in [2.75, 3.05) is 19.0 Å². The summed E-state index contributed by atoms with van der Waals surface area (Å²) in [7, 11) is 1.67. The molecule has 102 valence electrons. The summed E-state index contributed by atoms with van der Waals surface area (Å²) >= 11 is 5.81. The Labute approximate surface area is 112 Å². The summed E-state index contributed by atoms with van der Waals surface area (Å²) in [6.45, 7) is 6.47. The number of methoxy groups -OCH3 is 1. The van der Waals surface area contributed by atoms with Crippen LogP contribution in [0.25, 0.3) is 0 Å². The Morgan fingerprint density at radius 2 is 1.94 bits per heavy atom. The highest BCUT2D eigenvalue weighted by Crippen LogP contribution is 2.13. The van der Waals surface area contributed by atoms with Crippen LogP contribution in [0, 0.1) is 0 Å². The molecule has 1 unspecified atom stereocenters. The molecular formula is C11H19ClN4O2. The van der Waals surface area contributed by atoms with Crippen molar-refractivity contribution in [3.63, 3.8) is 0 Å². The molecule has 1 N–H and O–H groups in total. The van der Waals surface area contributed by atoms with Gasteiger partial charge in [-0.05, 0) is 38.8 Å². The van der Waals surface area contributed by atoms with E-state index in [9.17, 15) is 0 Å². The monoisotopic (exact) mass is 274 g/mol. The van der Waals surface area contributed by atoms with Crippen molar-refractivity contribution in [1.29, 1.82) is 0 Å². The third kappa shape index (κ3) is 5.46. The average Bonchev–Trinajstić information content (AvgIpc) is 2.24. The Balaban J connectivity index is 2.67. The van der Waals surface area contributed by atoms with Gasteiger partial charge in [0.1, 0.15) is 0 Å². The molecule has 0 amide bonds. The molecule has 0 fully saturated rings. The van der Waals surface area contributed by atoms with E-state index in [0.29, 0.717) is 12.6 Å². The van der Waals surface area contributed by atoms with Crippen molar-refractivity contribution in [3.8, 4) is 6.01 Å². The molecule has 0 bridgehead atoms. The van der Waals surface area contributed by atoms with Gasteiger partial charge in [-0.3, -0.25) is 0 Å². The first-order valence-corrected chi connectivity index (χ1v) is 6.22. The first-order chi connectivity index (χ1) is 8.51. The summed E-state index contributed by atoms with van der Waals surface area (Å²) in [5, 5.41) is 3.24. The van der Waals surface area contributed by atoms with E-state index in [1.54, 1.807) is 7.11 Å². The molecule has 1 rings (SSSR count). The number of halogens is 1. The van der Waals surface area contributed by atoms with Gasteiger partial charge >= 0.3 is 6.01 Å². The molecule has 0 aromatic carbocycles. The van der Waals surface area contributed by atoms with Crippen LogP contribution >= 0.6 is 11.6 Å². The predicted octanol–water partition coefficient (Wildman–Crippen LogP) is 2.15. The first-order valence-electron chi connectivity index (χ1n) is 5.85. The van der Waals surface area contributed by atoms with Crippen LogP contribution in [0.2, 0.25) is 5.28 Å². The van der Waals surface area contributed by atoms with Crippen molar-refractivity contribution in [2.45, 2.75) is 39.3 Å². The minimum absolute atomic E-state index is 0.0118. The third-order valence-electron chi connectivity index (χ3n) is 2.06. The first kappa shape index (κ1) is 14.9. The van der Waals surface area contributed by atoms with Crippen molar-refractivity contribution >= 4 is 17.5 Å². The van der Waals surface area contributed by atoms with Crippen LogP contribution in [0.1, 0.15) is 27.2 Å². The van der Waals surface area contributed by atoms with E-state index >= 15 is 0 Å². The van der Waals surface area contributed by atoms with Gasteiger partial charge in [-0.15, -0.1) is 0 Å². The quantitative estimate of drug-likeness (QED) is 0.822. The normalized spacial score (nSPS) is 12.6. The minimum Gasteiger partial charge on any atom is -0.461 e. The molecule has 1 aromatic heterocycles. The summed E-state index contributed by atoms with van der Waals surface area (Å²) in [6, 6.07) is 0.404. The second-order valence-corrected chi connectivity index (χ2v) is 4.54. The summed E-state index contributed by atoms with van der Waals surface area (Å²) in [4.78, 5) is 12.0. The van der Waals surface area contributed by atoms with E-state index < -0.39 is 0 Å². The Morgan fingerprint density at radius 1 is 1.22 bits per heavy atom. The molecular weight excluding hydrogens is 256 g/mol. The molecule has 0 spiro atoms. The number of ether oxygens (including phenoxy) is 2. The fraction of sp³-hybridized carbons (Fsp3) is 0.727. The largest absolute Gasteiger partial charge is 0.461 e. The average molecular weight is 275 g/mol. The molecule has 0 radical (unpaired) electrons. The number of aromatic nitrogens is 3. The highest BCUT2D eigenvalue weighted by Gasteiger charge is 2.10. The molecule has 0 aliphatic rings. The maximum atomic E-state index is 5.81. The van der Waals surface area contributed by atoms with Crippen LogP contribution in [-0.2, 0) is 4.74 Å². The molecule has 0 saturated heterocycles. The van der Waals surface area contributed by atoms with E-state index in [-0.39, 0.29) is 23.4 Å². The summed E-state index contributed by atoms with van der Waals surface area (Å²) < 4.78 is 10.4. The van der Waals surface area contributed by atoms with Gasteiger partial charge in [-0.1, -0.05) is 0 Å². The van der Waals surface area contributed by atoms with Crippen LogP contribution in [0.5, 0.6) is 6.01 Å². The van der Waals surface area contributed by atoms with Crippen LogP contribution in [0.3, 0.4) is 0 Å². The molecule has 0 saturated carbocycles. The summed E-state index contributed by atoms with van der Waals surface area (Å²) in [5.74, 6) is 0.411. The molecule has 1 heterocycles. The molecule has 1 atom stereocenters. The van der Waals surface area contributed by atoms with E-state index in [4.69, 9.17) is 21.1 Å². The standard InChI is InChI=1S/C11H19ClN4O2/c1-7(2)18-11-15-9(12)14-10(16-11)13-8(3)5-6-17-4/h7-8H,5-6H2,1-4H3,(H,13,14,15,16). The summed E-state index contributed by atoms with van der Waals surface area (Å²) in [5.41, 5.74) is 0. The predicted molar refractivity (Wildman–Crippen MR) is 70.2 cm³/mol. The lowest BCUT2D eigenvalue weighted by molar-refractivity contribution is 0.191. The number of anilines is 1. The fourth-order valence-electron chi connectivity index (χ4n) is 1.25. The van der Waals surface area contributed by atoms with Gasteiger partial charge in [0.2, 0.25) is 11.2 Å². The minimum atomic E-state index is -0.0118. The number of nitrogens with one attached hydrogen (secondary N) is 1. The zero-order valence-electron chi connectivity index (χ0n) is 11.1. The van der Waals surface area contributed by atoms with Gasteiger partial charge in [0, 0.05) is 19.8 Å².